The Bertz CT molecular complexity index is 922. The van der Waals surface area contributed by atoms with Crippen molar-refractivity contribution in [3.05, 3.63) is 53.6 Å². The summed E-state index contributed by atoms with van der Waals surface area (Å²) in [5, 5.41) is 5.83. The van der Waals surface area contributed by atoms with Crippen LogP contribution in [0.25, 0.3) is 0 Å². The molecule has 0 unspecified atom stereocenters. The number of nitrogens with one attached hydrogen (secondary N) is 2. The molecule has 166 valence electrons. The van der Waals surface area contributed by atoms with Crippen LogP contribution < -0.4 is 20.1 Å². The third-order valence-corrected chi connectivity index (χ3v) is 5.93. The summed E-state index contributed by atoms with van der Waals surface area (Å²) in [5.74, 6) is 0.426. The lowest BCUT2D eigenvalue weighted by atomic mass is 9.72. The van der Waals surface area contributed by atoms with Gasteiger partial charge in [-0.3, -0.25) is 9.59 Å². The average molecular weight is 426 g/mol. The van der Waals surface area contributed by atoms with Crippen LogP contribution in [0.3, 0.4) is 0 Å². The monoisotopic (exact) mass is 425 g/mol. The number of hydrogen-bond donors (Lipinski definition) is 2. The highest BCUT2D eigenvalue weighted by molar-refractivity contribution is 6.03. The molecule has 0 atom stereocenters. The second-order valence-corrected chi connectivity index (χ2v) is 7.82. The van der Waals surface area contributed by atoms with Gasteiger partial charge in [0.05, 0.1) is 25.3 Å². The number of carbonyl (C=O) groups excluding carboxylic acids is 2. The van der Waals surface area contributed by atoms with Crippen LogP contribution in [0.15, 0.2) is 42.5 Å². The van der Waals surface area contributed by atoms with Gasteiger partial charge in [-0.1, -0.05) is 30.3 Å². The van der Waals surface area contributed by atoms with Gasteiger partial charge in [0.25, 0.3) is 5.91 Å². The van der Waals surface area contributed by atoms with E-state index in [1.165, 1.54) is 14.2 Å². The van der Waals surface area contributed by atoms with Gasteiger partial charge in [-0.05, 0) is 57.6 Å². The zero-order valence-electron chi connectivity index (χ0n) is 18.7. The largest absolute Gasteiger partial charge is 0.493 e. The number of anilines is 1. The lowest BCUT2D eigenvalue weighted by Gasteiger charge is -2.40. The van der Waals surface area contributed by atoms with Crippen LogP contribution in [-0.4, -0.2) is 57.6 Å². The minimum Gasteiger partial charge on any atom is -0.493 e. The van der Waals surface area contributed by atoms with Gasteiger partial charge in [0.1, 0.15) is 0 Å². The van der Waals surface area contributed by atoms with E-state index in [0.717, 1.165) is 18.7 Å². The van der Waals surface area contributed by atoms with E-state index >= 15 is 0 Å². The van der Waals surface area contributed by atoms with Crippen LogP contribution in [0, 0.1) is 0 Å². The van der Waals surface area contributed by atoms with E-state index in [9.17, 15) is 9.59 Å². The van der Waals surface area contributed by atoms with Crippen molar-refractivity contribution in [3.8, 4) is 11.5 Å². The first kappa shape index (κ1) is 22.6. The SMILES string of the molecule is CCNC(=O)c1cc(NC(=O)C2(c3ccccc3)CCN(C)CC2)c(OC)c(OC)c1. The van der Waals surface area contributed by atoms with Crippen LogP contribution >= 0.6 is 0 Å². The zero-order valence-corrected chi connectivity index (χ0v) is 18.7. The summed E-state index contributed by atoms with van der Waals surface area (Å²) in [6.45, 7) is 3.99. The van der Waals surface area contributed by atoms with Gasteiger partial charge in [-0.15, -0.1) is 0 Å². The Hall–Kier alpha value is -3.06. The molecule has 0 radical (unpaired) electrons. The van der Waals surface area contributed by atoms with Crippen LogP contribution in [0.2, 0.25) is 0 Å². The summed E-state index contributed by atoms with van der Waals surface area (Å²) in [6, 6.07) is 13.1. The molecule has 2 N–H and O–H groups in total. The third kappa shape index (κ3) is 4.66. The Balaban J connectivity index is 2.01. The van der Waals surface area contributed by atoms with E-state index in [2.05, 4.69) is 22.6 Å². The Kier molecular flexibility index (Phi) is 7.17. The summed E-state index contributed by atoms with van der Waals surface area (Å²) >= 11 is 0. The smallest absolute Gasteiger partial charge is 0.251 e. The molecule has 2 aromatic rings. The molecule has 0 bridgehead atoms. The molecule has 31 heavy (non-hydrogen) atoms. The van der Waals surface area contributed by atoms with E-state index in [0.29, 0.717) is 42.1 Å². The lowest BCUT2D eigenvalue weighted by Crippen LogP contribution is -2.48. The molecule has 1 heterocycles. The Morgan fingerprint density at radius 3 is 2.32 bits per heavy atom. The van der Waals surface area contributed by atoms with E-state index < -0.39 is 5.41 Å². The van der Waals surface area contributed by atoms with Gasteiger partial charge >= 0.3 is 0 Å². The quantitative estimate of drug-likeness (QED) is 0.713. The number of benzene rings is 2. The number of hydrogen-bond acceptors (Lipinski definition) is 5. The minimum atomic E-state index is -0.659. The first-order chi connectivity index (χ1) is 14.9. The maximum Gasteiger partial charge on any atom is 0.251 e. The van der Waals surface area contributed by atoms with Crippen molar-refractivity contribution in [2.45, 2.75) is 25.2 Å². The van der Waals surface area contributed by atoms with Crippen molar-refractivity contribution in [2.75, 3.05) is 46.2 Å². The maximum atomic E-state index is 13.7. The molecule has 0 spiro atoms. The van der Waals surface area contributed by atoms with E-state index in [-0.39, 0.29) is 11.8 Å². The molecule has 0 aromatic heterocycles. The van der Waals surface area contributed by atoms with Crippen LogP contribution in [0.1, 0.15) is 35.7 Å². The molecule has 3 rings (SSSR count). The second-order valence-electron chi connectivity index (χ2n) is 7.82. The fourth-order valence-corrected chi connectivity index (χ4v) is 4.10. The first-order valence-corrected chi connectivity index (χ1v) is 10.5. The summed E-state index contributed by atoms with van der Waals surface area (Å²) in [6.07, 6.45) is 1.41. The van der Waals surface area contributed by atoms with Crippen molar-refractivity contribution >= 4 is 17.5 Å². The van der Waals surface area contributed by atoms with Gasteiger partial charge in [0.2, 0.25) is 5.91 Å². The molecule has 1 aliphatic rings. The molecule has 0 aliphatic carbocycles. The maximum absolute atomic E-state index is 13.7. The number of nitrogens with zero attached hydrogens (tertiary/aromatic N) is 1. The molecular weight excluding hydrogens is 394 g/mol. The normalized spacial score (nSPS) is 15.7. The fraction of sp³-hybridized carbons (Fsp3) is 0.417. The molecule has 1 aliphatic heterocycles. The van der Waals surface area contributed by atoms with E-state index in [1.54, 1.807) is 12.1 Å². The number of ether oxygens (including phenoxy) is 2. The minimum absolute atomic E-state index is 0.111. The number of likely N-dealkylation sites (tertiary alicyclic amines) is 1. The predicted molar refractivity (Wildman–Crippen MR) is 121 cm³/mol. The highest BCUT2D eigenvalue weighted by Gasteiger charge is 2.42. The molecule has 7 nitrogen and oxygen atoms in total. The Labute approximate surface area is 183 Å². The van der Waals surface area contributed by atoms with Crippen molar-refractivity contribution in [2.24, 2.45) is 0 Å². The summed E-state index contributed by atoms with van der Waals surface area (Å²) in [7, 11) is 5.09. The molecule has 2 amide bonds. The molecular formula is C24H31N3O4. The number of methoxy groups -OCH3 is 2. The fourth-order valence-electron chi connectivity index (χ4n) is 4.10. The third-order valence-electron chi connectivity index (χ3n) is 5.93. The number of amides is 2. The van der Waals surface area contributed by atoms with Crippen molar-refractivity contribution in [1.29, 1.82) is 0 Å². The number of carbonyl (C=O) groups is 2. The van der Waals surface area contributed by atoms with Crippen LogP contribution in [0.4, 0.5) is 5.69 Å². The molecule has 1 saturated heterocycles. The van der Waals surface area contributed by atoms with Gasteiger partial charge < -0.3 is 25.0 Å². The summed E-state index contributed by atoms with van der Waals surface area (Å²) < 4.78 is 11.0. The molecule has 7 heteroatoms. The summed E-state index contributed by atoms with van der Waals surface area (Å²) in [5.41, 5.74) is 1.15. The Morgan fingerprint density at radius 1 is 1.06 bits per heavy atom. The highest BCUT2D eigenvalue weighted by Crippen LogP contribution is 2.40. The van der Waals surface area contributed by atoms with Gasteiger partial charge in [0, 0.05) is 12.1 Å². The number of rotatable bonds is 7. The zero-order chi connectivity index (χ0) is 22.4. The van der Waals surface area contributed by atoms with Crippen molar-refractivity contribution in [3.63, 3.8) is 0 Å². The van der Waals surface area contributed by atoms with E-state index in [1.807, 2.05) is 37.3 Å². The lowest BCUT2D eigenvalue weighted by molar-refractivity contribution is -0.123. The van der Waals surface area contributed by atoms with Crippen molar-refractivity contribution in [1.82, 2.24) is 10.2 Å². The standard InChI is InChI=1S/C24H31N3O4/c1-5-25-22(28)17-15-19(21(31-4)20(16-17)30-3)26-23(29)24(11-13-27(2)14-12-24)18-9-7-6-8-10-18/h6-10,15-16H,5,11-14H2,1-4H3,(H,25,28)(H,26,29). The second kappa shape index (κ2) is 9.83. The Morgan fingerprint density at radius 2 is 1.74 bits per heavy atom. The number of piperidine rings is 1. The van der Waals surface area contributed by atoms with E-state index in [4.69, 9.17) is 9.47 Å². The van der Waals surface area contributed by atoms with Crippen LogP contribution in [0.5, 0.6) is 11.5 Å². The van der Waals surface area contributed by atoms with Gasteiger partial charge in [0.15, 0.2) is 11.5 Å². The van der Waals surface area contributed by atoms with Gasteiger partial charge in [-0.2, -0.15) is 0 Å². The molecule has 0 saturated carbocycles. The average Bonchev–Trinajstić information content (AvgIpc) is 2.79. The van der Waals surface area contributed by atoms with Crippen molar-refractivity contribution < 1.29 is 19.1 Å². The molecule has 1 fully saturated rings. The topological polar surface area (TPSA) is 79.9 Å². The highest BCUT2D eigenvalue weighted by atomic mass is 16.5. The molecule has 2 aromatic carbocycles. The predicted octanol–water partition coefficient (Wildman–Crippen LogP) is 3.06. The van der Waals surface area contributed by atoms with Crippen LogP contribution in [-0.2, 0) is 10.2 Å². The van der Waals surface area contributed by atoms with Gasteiger partial charge in [-0.25, -0.2) is 0 Å². The summed E-state index contributed by atoms with van der Waals surface area (Å²) in [4.78, 5) is 28.4. The first-order valence-electron chi connectivity index (χ1n) is 10.5.